The van der Waals surface area contributed by atoms with E-state index < -0.39 is 17.7 Å². The zero-order chi connectivity index (χ0) is 16.1. The maximum atomic E-state index is 12.8. The number of rotatable bonds is 5. The molecule has 1 atom stereocenters. The topological polar surface area (TPSA) is 74.7 Å². The molecule has 1 heterocycles. The Labute approximate surface area is 127 Å². The summed E-state index contributed by atoms with van der Waals surface area (Å²) < 4.78 is 12.8. The fourth-order valence-corrected chi connectivity index (χ4v) is 2.56. The summed E-state index contributed by atoms with van der Waals surface area (Å²) in [6.45, 7) is 0.742. The Bertz CT molecular complexity index is 570. The molecule has 1 amide bonds. The molecule has 1 aromatic carbocycles. The van der Waals surface area contributed by atoms with E-state index in [-0.39, 0.29) is 31.1 Å². The number of hydrogen-bond donors (Lipinski definition) is 1. The molecular weight excluding hydrogens is 289 g/mol. The van der Waals surface area contributed by atoms with Crippen molar-refractivity contribution in [1.29, 1.82) is 0 Å². The lowest BCUT2D eigenvalue weighted by atomic mass is 9.97. The Kier molecular flexibility index (Phi) is 5.25. The first-order valence-corrected chi connectivity index (χ1v) is 7.26. The number of hydrogen-bond acceptors (Lipinski definition) is 3. The molecular formula is C16H18FNO4. The van der Waals surface area contributed by atoms with Crippen LogP contribution in [0.4, 0.5) is 4.39 Å². The van der Waals surface area contributed by atoms with Crippen LogP contribution in [0.5, 0.6) is 0 Å². The first-order valence-electron chi connectivity index (χ1n) is 7.26. The fraction of sp³-hybridized carbons (Fsp3) is 0.438. The number of halogens is 1. The number of likely N-dealkylation sites (tertiary alicyclic amines) is 1. The number of carboxylic acid groups (broad SMARTS) is 1. The summed E-state index contributed by atoms with van der Waals surface area (Å²) in [6.07, 6.45) is 1.32. The molecule has 0 saturated carbocycles. The van der Waals surface area contributed by atoms with Crippen LogP contribution in [0.15, 0.2) is 24.3 Å². The van der Waals surface area contributed by atoms with Gasteiger partial charge in [-0.25, -0.2) is 4.39 Å². The Hall–Kier alpha value is -2.24. The minimum absolute atomic E-state index is 0.0404. The van der Waals surface area contributed by atoms with E-state index in [4.69, 9.17) is 5.11 Å². The van der Waals surface area contributed by atoms with Crippen molar-refractivity contribution in [2.45, 2.75) is 25.7 Å². The number of nitrogens with zero attached hydrogens (tertiary/aromatic N) is 1. The monoisotopic (exact) mass is 307 g/mol. The van der Waals surface area contributed by atoms with Crippen molar-refractivity contribution >= 4 is 17.7 Å². The molecule has 22 heavy (non-hydrogen) atoms. The number of ketones is 1. The SMILES string of the molecule is O=C(CCC(=O)N1CCCC(C(=O)O)C1)c1ccc(F)cc1. The lowest BCUT2D eigenvalue weighted by molar-refractivity contribution is -0.145. The number of Topliss-reactive ketones (excluding diaryl/α,β-unsaturated/α-hetero) is 1. The van der Waals surface area contributed by atoms with Crippen molar-refractivity contribution in [2.75, 3.05) is 13.1 Å². The van der Waals surface area contributed by atoms with Crippen LogP contribution in [0.3, 0.4) is 0 Å². The third kappa shape index (κ3) is 4.13. The third-order valence-corrected chi connectivity index (χ3v) is 3.86. The second kappa shape index (κ2) is 7.15. The molecule has 1 N–H and O–H groups in total. The first kappa shape index (κ1) is 16.1. The van der Waals surface area contributed by atoms with Crippen LogP contribution in [-0.4, -0.2) is 40.8 Å². The van der Waals surface area contributed by atoms with E-state index in [1.165, 1.54) is 29.2 Å². The largest absolute Gasteiger partial charge is 0.481 e. The molecule has 1 saturated heterocycles. The predicted octanol–water partition coefficient (Wildman–Crippen LogP) is 2.11. The highest BCUT2D eigenvalue weighted by atomic mass is 19.1. The average molecular weight is 307 g/mol. The Morgan fingerprint density at radius 3 is 2.50 bits per heavy atom. The van der Waals surface area contributed by atoms with Crippen LogP contribution in [0.2, 0.25) is 0 Å². The molecule has 2 rings (SSSR count). The quantitative estimate of drug-likeness (QED) is 0.845. The summed E-state index contributed by atoms with van der Waals surface area (Å²) in [5, 5.41) is 9.00. The van der Waals surface area contributed by atoms with Gasteiger partial charge >= 0.3 is 5.97 Å². The van der Waals surface area contributed by atoms with E-state index >= 15 is 0 Å². The minimum atomic E-state index is -0.889. The van der Waals surface area contributed by atoms with Gasteiger partial charge in [-0.1, -0.05) is 0 Å². The molecule has 1 aliphatic heterocycles. The summed E-state index contributed by atoms with van der Waals surface area (Å²) in [5.74, 6) is -2.26. The van der Waals surface area contributed by atoms with E-state index in [0.29, 0.717) is 24.9 Å². The zero-order valence-corrected chi connectivity index (χ0v) is 12.1. The van der Waals surface area contributed by atoms with Crippen molar-refractivity contribution in [3.05, 3.63) is 35.6 Å². The summed E-state index contributed by atoms with van der Waals surface area (Å²) in [7, 11) is 0. The van der Waals surface area contributed by atoms with Crippen LogP contribution >= 0.6 is 0 Å². The van der Waals surface area contributed by atoms with E-state index in [1.807, 2.05) is 0 Å². The number of benzene rings is 1. The second-order valence-corrected chi connectivity index (χ2v) is 5.45. The van der Waals surface area contributed by atoms with Gasteiger partial charge in [-0.2, -0.15) is 0 Å². The summed E-state index contributed by atoms with van der Waals surface area (Å²) in [5.41, 5.74) is 0.372. The maximum absolute atomic E-state index is 12.8. The number of carbonyl (C=O) groups excluding carboxylic acids is 2. The highest BCUT2D eigenvalue weighted by molar-refractivity contribution is 5.97. The van der Waals surface area contributed by atoms with Gasteiger partial charge in [0.05, 0.1) is 5.92 Å². The standard InChI is InChI=1S/C16H18FNO4/c17-13-5-3-11(4-6-13)14(19)7-8-15(20)18-9-1-2-12(10-18)16(21)22/h3-6,12H,1-2,7-10H2,(H,21,22). The van der Waals surface area contributed by atoms with Crippen molar-refractivity contribution in [3.63, 3.8) is 0 Å². The highest BCUT2D eigenvalue weighted by Crippen LogP contribution is 2.18. The van der Waals surface area contributed by atoms with E-state index in [2.05, 4.69) is 0 Å². The summed E-state index contributed by atoms with van der Waals surface area (Å²) in [4.78, 5) is 36.5. The number of carboxylic acids is 1. The first-order chi connectivity index (χ1) is 10.5. The van der Waals surface area contributed by atoms with E-state index in [9.17, 15) is 18.8 Å². The van der Waals surface area contributed by atoms with Gasteiger partial charge in [0.25, 0.3) is 0 Å². The molecule has 1 unspecified atom stereocenters. The van der Waals surface area contributed by atoms with E-state index in [0.717, 1.165) is 0 Å². The zero-order valence-electron chi connectivity index (χ0n) is 12.1. The molecule has 118 valence electrons. The van der Waals surface area contributed by atoms with Gasteiger partial charge in [-0.15, -0.1) is 0 Å². The van der Waals surface area contributed by atoms with Gasteiger partial charge in [0.1, 0.15) is 5.82 Å². The van der Waals surface area contributed by atoms with Crippen LogP contribution in [0.25, 0.3) is 0 Å². The Morgan fingerprint density at radius 1 is 1.18 bits per heavy atom. The smallest absolute Gasteiger partial charge is 0.308 e. The second-order valence-electron chi connectivity index (χ2n) is 5.45. The van der Waals surface area contributed by atoms with Crippen LogP contribution < -0.4 is 0 Å². The van der Waals surface area contributed by atoms with Crippen molar-refractivity contribution in [3.8, 4) is 0 Å². The molecule has 1 aromatic rings. The molecule has 0 aromatic heterocycles. The van der Waals surface area contributed by atoms with Gasteiger partial charge in [0.15, 0.2) is 5.78 Å². The number of amides is 1. The lowest BCUT2D eigenvalue weighted by Crippen LogP contribution is -2.42. The molecule has 6 heteroatoms. The Morgan fingerprint density at radius 2 is 1.86 bits per heavy atom. The molecule has 0 spiro atoms. The lowest BCUT2D eigenvalue weighted by Gasteiger charge is -2.30. The van der Waals surface area contributed by atoms with Crippen molar-refractivity contribution in [1.82, 2.24) is 4.90 Å². The summed E-state index contributed by atoms with van der Waals surface area (Å²) >= 11 is 0. The van der Waals surface area contributed by atoms with Gasteiger partial charge < -0.3 is 10.0 Å². The normalized spacial score (nSPS) is 18.0. The minimum Gasteiger partial charge on any atom is -0.481 e. The fourth-order valence-electron chi connectivity index (χ4n) is 2.56. The molecule has 1 aliphatic rings. The molecule has 0 aliphatic carbocycles. The molecule has 5 nitrogen and oxygen atoms in total. The van der Waals surface area contributed by atoms with Crippen LogP contribution in [-0.2, 0) is 9.59 Å². The van der Waals surface area contributed by atoms with Crippen LogP contribution in [0, 0.1) is 11.7 Å². The molecule has 0 bridgehead atoms. The third-order valence-electron chi connectivity index (χ3n) is 3.86. The molecule has 0 radical (unpaired) electrons. The van der Waals surface area contributed by atoms with Crippen molar-refractivity contribution in [2.24, 2.45) is 5.92 Å². The van der Waals surface area contributed by atoms with Gasteiger partial charge in [0.2, 0.25) is 5.91 Å². The number of carbonyl (C=O) groups is 3. The highest BCUT2D eigenvalue weighted by Gasteiger charge is 2.28. The maximum Gasteiger partial charge on any atom is 0.308 e. The van der Waals surface area contributed by atoms with Gasteiger partial charge in [-0.3, -0.25) is 14.4 Å². The van der Waals surface area contributed by atoms with Gasteiger partial charge in [-0.05, 0) is 37.1 Å². The van der Waals surface area contributed by atoms with E-state index in [1.54, 1.807) is 0 Å². The summed E-state index contributed by atoms with van der Waals surface area (Å²) in [6, 6.07) is 5.20. The number of piperidine rings is 1. The predicted molar refractivity (Wildman–Crippen MR) is 76.9 cm³/mol. The molecule has 1 fully saturated rings. The van der Waals surface area contributed by atoms with Crippen LogP contribution in [0.1, 0.15) is 36.0 Å². The number of aliphatic carboxylic acids is 1. The average Bonchev–Trinajstić information content (AvgIpc) is 2.53. The Balaban J connectivity index is 1.85. The van der Waals surface area contributed by atoms with Gasteiger partial charge in [0, 0.05) is 31.5 Å². The van der Waals surface area contributed by atoms with Crippen molar-refractivity contribution < 1.29 is 23.9 Å².